The maximum atomic E-state index is 11.3. The second kappa shape index (κ2) is 6.68. The second-order valence-electron chi connectivity index (χ2n) is 4.52. The molecular formula is C14H14BrClN2O2S. The van der Waals surface area contributed by atoms with Crippen LogP contribution in [-0.2, 0) is 16.6 Å². The van der Waals surface area contributed by atoms with E-state index in [1.807, 2.05) is 30.3 Å². The van der Waals surface area contributed by atoms with Crippen molar-refractivity contribution in [2.45, 2.75) is 6.54 Å². The molecule has 2 rings (SSSR count). The summed E-state index contributed by atoms with van der Waals surface area (Å²) in [5.74, 6) is 0. The Bertz CT molecular complexity index is 750. The van der Waals surface area contributed by atoms with Gasteiger partial charge in [-0.15, -0.1) is 0 Å². The summed E-state index contributed by atoms with van der Waals surface area (Å²) in [4.78, 5) is 0. The van der Waals surface area contributed by atoms with Crippen LogP contribution in [0.1, 0.15) is 5.56 Å². The van der Waals surface area contributed by atoms with Gasteiger partial charge in [0.1, 0.15) is 0 Å². The molecule has 0 saturated heterocycles. The predicted molar refractivity (Wildman–Crippen MR) is 91.4 cm³/mol. The third kappa shape index (κ3) is 4.91. The average Bonchev–Trinajstić information content (AvgIpc) is 2.40. The Morgan fingerprint density at radius 2 is 1.81 bits per heavy atom. The molecule has 21 heavy (non-hydrogen) atoms. The van der Waals surface area contributed by atoms with Crippen LogP contribution in [0.2, 0.25) is 5.02 Å². The molecule has 0 aliphatic carbocycles. The van der Waals surface area contributed by atoms with Crippen molar-refractivity contribution in [1.29, 1.82) is 0 Å². The third-order valence-corrected chi connectivity index (χ3v) is 4.51. The Balaban J connectivity index is 2.14. The lowest BCUT2D eigenvalue weighted by Crippen LogP contribution is -2.11. The summed E-state index contributed by atoms with van der Waals surface area (Å²) < 4.78 is 26.0. The van der Waals surface area contributed by atoms with Gasteiger partial charge in [-0.2, -0.15) is 0 Å². The van der Waals surface area contributed by atoms with E-state index in [9.17, 15) is 8.42 Å². The molecule has 4 nitrogen and oxygen atoms in total. The topological polar surface area (TPSA) is 58.2 Å². The van der Waals surface area contributed by atoms with Crippen LogP contribution >= 0.6 is 27.5 Å². The molecule has 0 amide bonds. The SMILES string of the molecule is CS(=O)(=O)Nc1ccccc1NCc1ccc(Br)c(Cl)c1. The zero-order chi connectivity index (χ0) is 15.5. The molecule has 0 unspecified atom stereocenters. The van der Waals surface area contributed by atoms with Crippen LogP contribution < -0.4 is 10.0 Å². The molecule has 2 aromatic carbocycles. The highest BCUT2D eigenvalue weighted by molar-refractivity contribution is 9.10. The molecule has 0 bridgehead atoms. The van der Waals surface area contributed by atoms with Crippen LogP contribution in [-0.4, -0.2) is 14.7 Å². The quantitative estimate of drug-likeness (QED) is 0.810. The van der Waals surface area contributed by atoms with Crippen molar-refractivity contribution < 1.29 is 8.42 Å². The Morgan fingerprint density at radius 1 is 1.14 bits per heavy atom. The standard InChI is InChI=1S/C14H14BrClN2O2S/c1-21(19,20)18-14-5-3-2-4-13(14)17-9-10-6-7-11(15)12(16)8-10/h2-8,17-18H,9H2,1H3. The van der Waals surface area contributed by atoms with Crippen LogP contribution in [0.5, 0.6) is 0 Å². The molecule has 2 N–H and O–H groups in total. The van der Waals surface area contributed by atoms with E-state index in [1.165, 1.54) is 0 Å². The Kier molecular flexibility index (Phi) is 5.13. The number of benzene rings is 2. The van der Waals surface area contributed by atoms with Crippen molar-refractivity contribution in [2.75, 3.05) is 16.3 Å². The molecule has 0 aromatic heterocycles. The normalized spacial score (nSPS) is 11.2. The van der Waals surface area contributed by atoms with Crippen molar-refractivity contribution in [3.05, 3.63) is 57.5 Å². The highest BCUT2D eigenvalue weighted by Gasteiger charge is 2.07. The molecule has 0 saturated carbocycles. The Morgan fingerprint density at radius 3 is 2.43 bits per heavy atom. The molecular weight excluding hydrogens is 376 g/mol. The third-order valence-electron chi connectivity index (χ3n) is 2.69. The van der Waals surface area contributed by atoms with Crippen LogP contribution in [0.4, 0.5) is 11.4 Å². The molecule has 0 heterocycles. The summed E-state index contributed by atoms with van der Waals surface area (Å²) >= 11 is 9.39. The van der Waals surface area contributed by atoms with E-state index in [1.54, 1.807) is 12.1 Å². The van der Waals surface area contributed by atoms with Crippen molar-refractivity contribution in [2.24, 2.45) is 0 Å². The first-order chi connectivity index (χ1) is 9.85. The van der Waals surface area contributed by atoms with E-state index in [0.29, 0.717) is 22.9 Å². The lowest BCUT2D eigenvalue weighted by atomic mass is 10.2. The van der Waals surface area contributed by atoms with Crippen LogP contribution in [0.3, 0.4) is 0 Å². The van der Waals surface area contributed by atoms with Gasteiger partial charge in [0.05, 0.1) is 22.7 Å². The van der Waals surface area contributed by atoms with Crippen LogP contribution in [0.15, 0.2) is 46.9 Å². The van der Waals surface area contributed by atoms with E-state index in [0.717, 1.165) is 16.3 Å². The minimum absolute atomic E-state index is 0.517. The number of hydrogen-bond acceptors (Lipinski definition) is 3. The van der Waals surface area contributed by atoms with Crippen LogP contribution in [0.25, 0.3) is 0 Å². The zero-order valence-electron chi connectivity index (χ0n) is 11.2. The van der Waals surface area contributed by atoms with E-state index in [-0.39, 0.29) is 0 Å². The lowest BCUT2D eigenvalue weighted by Gasteiger charge is -2.13. The van der Waals surface area contributed by atoms with E-state index >= 15 is 0 Å². The number of para-hydroxylation sites is 2. The molecule has 0 spiro atoms. The van der Waals surface area contributed by atoms with Gasteiger partial charge < -0.3 is 5.32 Å². The van der Waals surface area contributed by atoms with Crippen LogP contribution in [0, 0.1) is 0 Å². The molecule has 0 atom stereocenters. The van der Waals surface area contributed by atoms with Gasteiger partial charge in [0, 0.05) is 11.0 Å². The Hall–Kier alpha value is -1.24. The van der Waals surface area contributed by atoms with Crippen molar-refractivity contribution >= 4 is 48.9 Å². The summed E-state index contributed by atoms with van der Waals surface area (Å²) in [6.07, 6.45) is 1.12. The largest absolute Gasteiger partial charge is 0.379 e. The van der Waals surface area contributed by atoms with Gasteiger partial charge >= 0.3 is 0 Å². The molecule has 0 aliphatic heterocycles. The minimum Gasteiger partial charge on any atom is -0.379 e. The van der Waals surface area contributed by atoms with Gasteiger partial charge in [-0.3, -0.25) is 4.72 Å². The smallest absolute Gasteiger partial charge is 0.229 e. The van der Waals surface area contributed by atoms with Crippen molar-refractivity contribution in [3.8, 4) is 0 Å². The summed E-state index contributed by atoms with van der Waals surface area (Å²) in [5, 5.41) is 3.83. The first-order valence-corrected chi connectivity index (χ1v) is 9.16. The van der Waals surface area contributed by atoms with E-state index in [4.69, 9.17) is 11.6 Å². The maximum Gasteiger partial charge on any atom is 0.229 e. The number of sulfonamides is 1. The maximum absolute atomic E-state index is 11.3. The second-order valence-corrected chi connectivity index (χ2v) is 7.53. The Labute approximate surface area is 137 Å². The summed E-state index contributed by atoms with van der Waals surface area (Å²) in [6.45, 7) is 0.537. The number of halogens is 2. The minimum atomic E-state index is -3.31. The van der Waals surface area contributed by atoms with E-state index < -0.39 is 10.0 Å². The summed E-state index contributed by atoms with van der Waals surface area (Å²) in [7, 11) is -3.31. The van der Waals surface area contributed by atoms with Gasteiger partial charge in [0.15, 0.2) is 0 Å². The average molecular weight is 390 g/mol. The molecule has 7 heteroatoms. The zero-order valence-corrected chi connectivity index (χ0v) is 14.4. The first-order valence-electron chi connectivity index (χ1n) is 6.10. The molecule has 112 valence electrons. The molecule has 0 radical (unpaired) electrons. The van der Waals surface area contributed by atoms with Gasteiger partial charge in [-0.05, 0) is 45.8 Å². The van der Waals surface area contributed by atoms with Crippen molar-refractivity contribution in [1.82, 2.24) is 0 Å². The highest BCUT2D eigenvalue weighted by atomic mass is 79.9. The molecule has 0 aliphatic rings. The van der Waals surface area contributed by atoms with Gasteiger partial charge in [0.25, 0.3) is 0 Å². The monoisotopic (exact) mass is 388 g/mol. The van der Waals surface area contributed by atoms with E-state index in [2.05, 4.69) is 26.0 Å². The number of hydrogen-bond donors (Lipinski definition) is 2. The van der Waals surface area contributed by atoms with Crippen molar-refractivity contribution in [3.63, 3.8) is 0 Å². The number of nitrogens with one attached hydrogen (secondary N) is 2. The molecule has 2 aromatic rings. The summed E-state index contributed by atoms with van der Waals surface area (Å²) in [6, 6.07) is 12.8. The highest BCUT2D eigenvalue weighted by Crippen LogP contribution is 2.25. The first kappa shape index (κ1) is 16.1. The fourth-order valence-corrected chi connectivity index (χ4v) is 2.80. The fourth-order valence-electron chi connectivity index (χ4n) is 1.77. The summed E-state index contributed by atoms with van der Waals surface area (Å²) in [5.41, 5.74) is 2.22. The number of anilines is 2. The predicted octanol–water partition coefficient (Wildman–Crippen LogP) is 4.09. The lowest BCUT2D eigenvalue weighted by molar-refractivity contribution is 0.607. The van der Waals surface area contributed by atoms with Gasteiger partial charge in [0.2, 0.25) is 10.0 Å². The fraction of sp³-hybridized carbons (Fsp3) is 0.143. The number of rotatable bonds is 5. The molecule has 0 fully saturated rings. The van der Waals surface area contributed by atoms with Gasteiger partial charge in [-0.1, -0.05) is 29.8 Å². The van der Waals surface area contributed by atoms with Gasteiger partial charge in [-0.25, -0.2) is 8.42 Å².